The summed E-state index contributed by atoms with van der Waals surface area (Å²) < 4.78 is 0. The molecule has 13 heavy (non-hydrogen) atoms. The van der Waals surface area contributed by atoms with E-state index in [-0.39, 0.29) is 18.4 Å². The van der Waals surface area contributed by atoms with Crippen molar-refractivity contribution < 1.29 is 0 Å². The van der Waals surface area contributed by atoms with Gasteiger partial charge >= 0.3 is 0 Å². The van der Waals surface area contributed by atoms with E-state index >= 15 is 0 Å². The Morgan fingerprint density at radius 3 is 2.08 bits per heavy atom. The van der Waals surface area contributed by atoms with E-state index in [9.17, 15) is 0 Å². The van der Waals surface area contributed by atoms with Gasteiger partial charge in [-0.3, -0.25) is 0 Å². The third kappa shape index (κ3) is 3.37. The standard InChI is InChI=1S/C11H17N.ClH/c1-8-5-4-6-9(2)11(8)7-10(3)12;/h4-6,10H,7,12H2,1-3H3;1H. The van der Waals surface area contributed by atoms with Crippen LogP contribution in [0.4, 0.5) is 0 Å². The van der Waals surface area contributed by atoms with Gasteiger partial charge in [0.1, 0.15) is 0 Å². The lowest BCUT2D eigenvalue weighted by Gasteiger charge is -2.11. The van der Waals surface area contributed by atoms with Gasteiger partial charge in [-0.15, -0.1) is 12.4 Å². The van der Waals surface area contributed by atoms with Crippen molar-refractivity contribution in [1.82, 2.24) is 0 Å². The van der Waals surface area contributed by atoms with E-state index in [1.54, 1.807) is 0 Å². The SMILES string of the molecule is Cc1cccc(C)c1CC(C)N.Cl. The highest BCUT2D eigenvalue weighted by Gasteiger charge is 2.03. The van der Waals surface area contributed by atoms with Crippen molar-refractivity contribution in [2.24, 2.45) is 5.73 Å². The molecular weight excluding hydrogens is 182 g/mol. The van der Waals surface area contributed by atoms with E-state index in [0.29, 0.717) is 0 Å². The van der Waals surface area contributed by atoms with Gasteiger partial charge < -0.3 is 5.73 Å². The summed E-state index contributed by atoms with van der Waals surface area (Å²) in [7, 11) is 0. The third-order valence-corrected chi connectivity index (χ3v) is 2.17. The predicted molar refractivity (Wildman–Crippen MR) is 60.5 cm³/mol. The molecule has 0 aromatic heterocycles. The topological polar surface area (TPSA) is 26.0 Å². The van der Waals surface area contributed by atoms with Crippen molar-refractivity contribution in [3.05, 3.63) is 34.9 Å². The molecule has 0 fully saturated rings. The lowest BCUT2D eigenvalue weighted by molar-refractivity contribution is 0.731. The van der Waals surface area contributed by atoms with E-state index in [0.717, 1.165) is 6.42 Å². The molecule has 0 aliphatic heterocycles. The molecule has 0 aliphatic carbocycles. The van der Waals surface area contributed by atoms with Gasteiger partial charge in [0.2, 0.25) is 0 Å². The molecule has 74 valence electrons. The predicted octanol–water partition coefficient (Wildman–Crippen LogP) is 2.61. The molecule has 2 heteroatoms. The molecule has 0 heterocycles. The van der Waals surface area contributed by atoms with Gasteiger partial charge in [-0.05, 0) is 43.9 Å². The Hall–Kier alpha value is -0.530. The second kappa shape index (κ2) is 5.25. The molecule has 0 saturated carbocycles. The first-order valence-electron chi connectivity index (χ1n) is 4.42. The van der Waals surface area contributed by atoms with Crippen LogP contribution < -0.4 is 5.73 Å². The minimum Gasteiger partial charge on any atom is -0.328 e. The number of rotatable bonds is 2. The first-order valence-corrected chi connectivity index (χ1v) is 4.42. The van der Waals surface area contributed by atoms with Crippen molar-refractivity contribution in [2.45, 2.75) is 33.2 Å². The average Bonchev–Trinajstić information content (AvgIpc) is 1.97. The number of hydrogen-bond donors (Lipinski definition) is 1. The molecule has 0 radical (unpaired) electrons. The molecule has 0 aliphatic rings. The quantitative estimate of drug-likeness (QED) is 0.779. The largest absolute Gasteiger partial charge is 0.328 e. The fourth-order valence-electron chi connectivity index (χ4n) is 1.49. The Labute approximate surface area is 86.7 Å². The van der Waals surface area contributed by atoms with Crippen molar-refractivity contribution in [1.29, 1.82) is 0 Å². The van der Waals surface area contributed by atoms with Gasteiger partial charge in [0, 0.05) is 6.04 Å². The van der Waals surface area contributed by atoms with Gasteiger partial charge in [0.25, 0.3) is 0 Å². The second-order valence-electron chi connectivity index (χ2n) is 3.55. The van der Waals surface area contributed by atoms with E-state index in [1.165, 1.54) is 16.7 Å². The van der Waals surface area contributed by atoms with Crippen molar-refractivity contribution in [3.63, 3.8) is 0 Å². The Balaban J connectivity index is 0.00000144. The fourth-order valence-corrected chi connectivity index (χ4v) is 1.49. The Morgan fingerprint density at radius 2 is 1.69 bits per heavy atom. The van der Waals surface area contributed by atoms with E-state index in [4.69, 9.17) is 5.73 Å². The zero-order valence-electron chi connectivity index (χ0n) is 8.50. The molecular formula is C11H18ClN. The maximum absolute atomic E-state index is 5.76. The van der Waals surface area contributed by atoms with Crippen LogP contribution in [0.3, 0.4) is 0 Å². The number of hydrogen-bond acceptors (Lipinski definition) is 1. The second-order valence-corrected chi connectivity index (χ2v) is 3.55. The number of aryl methyl sites for hydroxylation is 2. The highest BCUT2D eigenvalue weighted by atomic mass is 35.5. The van der Waals surface area contributed by atoms with Crippen LogP contribution in [0.1, 0.15) is 23.6 Å². The molecule has 0 saturated heterocycles. The van der Waals surface area contributed by atoms with Crippen LogP contribution in [0.25, 0.3) is 0 Å². The van der Waals surface area contributed by atoms with Crippen LogP contribution in [0.2, 0.25) is 0 Å². The Bertz CT molecular complexity index is 249. The van der Waals surface area contributed by atoms with Crippen LogP contribution in [-0.2, 0) is 6.42 Å². The molecule has 1 nitrogen and oxygen atoms in total. The molecule has 1 aromatic rings. The molecule has 1 aromatic carbocycles. The monoisotopic (exact) mass is 199 g/mol. The van der Waals surface area contributed by atoms with Gasteiger partial charge in [-0.2, -0.15) is 0 Å². The molecule has 1 rings (SSSR count). The van der Waals surface area contributed by atoms with E-state index < -0.39 is 0 Å². The smallest absolute Gasteiger partial charge is 0.00511 e. The summed E-state index contributed by atoms with van der Waals surface area (Å²) in [6, 6.07) is 6.63. The maximum atomic E-state index is 5.76. The van der Waals surface area contributed by atoms with Crippen molar-refractivity contribution >= 4 is 12.4 Å². The minimum atomic E-state index is 0. The van der Waals surface area contributed by atoms with E-state index in [1.807, 2.05) is 6.92 Å². The van der Waals surface area contributed by atoms with Gasteiger partial charge in [-0.25, -0.2) is 0 Å². The average molecular weight is 200 g/mol. The highest BCUT2D eigenvalue weighted by Crippen LogP contribution is 2.14. The molecule has 2 N–H and O–H groups in total. The summed E-state index contributed by atoms with van der Waals surface area (Å²) in [5.74, 6) is 0. The molecule has 0 bridgehead atoms. The summed E-state index contributed by atoms with van der Waals surface area (Å²) in [5, 5.41) is 0. The van der Waals surface area contributed by atoms with Crippen LogP contribution in [-0.4, -0.2) is 6.04 Å². The van der Waals surface area contributed by atoms with Crippen LogP contribution in [0.5, 0.6) is 0 Å². The molecule has 0 spiro atoms. The first-order chi connectivity index (χ1) is 5.61. The molecule has 1 atom stereocenters. The van der Waals surface area contributed by atoms with Crippen LogP contribution in [0.15, 0.2) is 18.2 Å². The Kier molecular flexibility index (Phi) is 5.04. The van der Waals surface area contributed by atoms with Gasteiger partial charge in [0.05, 0.1) is 0 Å². The van der Waals surface area contributed by atoms with Gasteiger partial charge in [-0.1, -0.05) is 18.2 Å². The summed E-state index contributed by atoms with van der Waals surface area (Å²) in [5.41, 5.74) is 9.88. The number of nitrogens with two attached hydrogens (primary N) is 1. The highest BCUT2D eigenvalue weighted by molar-refractivity contribution is 5.85. The lowest BCUT2D eigenvalue weighted by atomic mass is 9.97. The number of benzene rings is 1. The minimum absolute atomic E-state index is 0. The fraction of sp³-hybridized carbons (Fsp3) is 0.455. The lowest BCUT2D eigenvalue weighted by Crippen LogP contribution is -2.19. The van der Waals surface area contributed by atoms with Gasteiger partial charge in [0.15, 0.2) is 0 Å². The normalized spacial score (nSPS) is 12.0. The maximum Gasteiger partial charge on any atom is 0.00511 e. The Morgan fingerprint density at radius 1 is 1.23 bits per heavy atom. The third-order valence-electron chi connectivity index (χ3n) is 2.17. The summed E-state index contributed by atoms with van der Waals surface area (Å²) in [6.07, 6.45) is 0.985. The molecule has 1 unspecified atom stereocenters. The molecule has 0 amide bonds. The van der Waals surface area contributed by atoms with Crippen LogP contribution >= 0.6 is 12.4 Å². The van der Waals surface area contributed by atoms with E-state index in [2.05, 4.69) is 32.0 Å². The number of halogens is 1. The van der Waals surface area contributed by atoms with Crippen molar-refractivity contribution in [2.75, 3.05) is 0 Å². The van der Waals surface area contributed by atoms with Crippen LogP contribution in [0, 0.1) is 13.8 Å². The van der Waals surface area contributed by atoms with Crippen molar-refractivity contribution in [3.8, 4) is 0 Å². The zero-order valence-corrected chi connectivity index (χ0v) is 9.32. The summed E-state index contributed by atoms with van der Waals surface area (Å²) in [4.78, 5) is 0. The first kappa shape index (κ1) is 12.5. The summed E-state index contributed by atoms with van der Waals surface area (Å²) >= 11 is 0. The zero-order chi connectivity index (χ0) is 9.14. The summed E-state index contributed by atoms with van der Waals surface area (Å²) in [6.45, 7) is 6.33.